The fraction of sp³-hybridized carbons (Fsp3) is 0.556. The Morgan fingerprint density at radius 3 is 2.59 bits per heavy atom. The minimum Gasteiger partial charge on any atom is -0.349 e. The Bertz CT molecular complexity index is 1060. The Kier molecular flexibility index (Phi) is 5.16. The minimum atomic E-state index is -3.68. The number of hydrogen-bond donors (Lipinski definition) is 2. The minimum absolute atomic E-state index is 0.0496. The molecule has 11 heteroatoms. The first-order valence-electron chi connectivity index (χ1n) is 9.61. The number of carbonyl (C=O) groups excluding carboxylic acids is 1. The molecule has 4 rings (SSSR count). The number of sulfone groups is 1. The predicted molar refractivity (Wildman–Crippen MR) is 108 cm³/mol. The first kappa shape index (κ1) is 20.3. The van der Waals surface area contributed by atoms with Crippen LogP contribution in [0.5, 0.6) is 0 Å². The Morgan fingerprint density at radius 2 is 1.86 bits per heavy atom. The summed E-state index contributed by atoms with van der Waals surface area (Å²) in [4.78, 5) is 19.2. The molecular weight excluding hydrogens is 416 g/mol. The van der Waals surface area contributed by atoms with E-state index in [0.29, 0.717) is 5.56 Å². The van der Waals surface area contributed by atoms with Crippen molar-refractivity contribution in [3.63, 3.8) is 0 Å². The van der Waals surface area contributed by atoms with E-state index in [2.05, 4.69) is 19.9 Å². The van der Waals surface area contributed by atoms with Gasteiger partial charge >= 0.3 is 0 Å². The molecule has 0 bridgehead atoms. The van der Waals surface area contributed by atoms with Crippen molar-refractivity contribution in [2.75, 3.05) is 24.6 Å². The molecule has 0 spiro atoms. The summed E-state index contributed by atoms with van der Waals surface area (Å²) in [6, 6.07) is 4.85. The standard InChI is InChI=1S/C18H24N4O5S2/c1-12(19-17-13-6-2-3-7-16(13)29(26,27)21-17)18(23)20-14-10-28(24,25)11-15(14)22-8-4-5-9-22/h2-3,6-7,12,14-15H,4-5,8-11H2,1H3,(H,19,21)(H,20,23)/t12-,14?,15?/m0/s1. The van der Waals surface area contributed by atoms with Crippen molar-refractivity contribution < 1.29 is 21.6 Å². The summed E-state index contributed by atoms with van der Waals surface area (Å²) in [5, 5.41) is 2.84. The molecular formula is C18H24N4O5S2. The van der Waals surface area contributed by atoms with E-state index >= 15 is 0 Å². The van der Waals surface area contributed by atoms with Crippen LogP contribution >= 0.6 is 0 Å². The smallest absolute Gasteiger partial charge is 0.263 e. The zero-order valence-corrected chi connectivity index (χ0v) is 17.7. The van der Waals surface area contributed by atoms with Crippen molar-refractivity contribution in [2.24, 2.45) is 4.99 Å². The molecule has 2 N–H and O–H groups in total. The van der Waals surface area contributed by atoms with Crippen molar-refractivity contribution >= 4 is 31.6 Å². The lowest BCUT2D eigenvalue weighted by molar-refractivity contribution is -0.122. The molecule has 3 aliphatic heterocycles. The Hall–Kier alpha value is -1.98. The molecule has 0 saturated carbocycles. The van der Waals surface area contributed by atoms with Crippen LogP contribution in [0.4, 0.5) is 0 Å². The summed E-state index contributed by atoms with van der Waals surface area (Å²) in [6.07, 6.45) is 2.06. The van der Waals surface area contributed by atoms with Gasteiger partial charge in [-0.15, -0.1) is 0 Å². The number of fused-ring (bicyclic) bond motifs is 1. The van der Waals surface area contributed by atoms with Gasteiger partial charge in [0.25, 0.3) is 10.0 Å². The molecule has 29 heavy (non-hydrogen) atoms. The van der Waals surface area contributed by atoms with Crippen molar-refractivity contribution in [1.82, 2.24) is 14.9 Å². The number of likely N-dealkylation sites (tertiary alicyclic amines) is 1. The van der Waals surface area contributed by atoms with E-state index in [-0.39, 0.29) is 28.3 Å². The average molecular weight is 441 g/mol. The quantitative estimate of drug-likeness (QED) is 0.650. The third kappa shape index (κ3) is 4.03. The van der Waals surface area contributed by atoms with Gasteiger partial charge in [0.2, 0.25) is 5.91 Å². The first-order chi connectivity index (χ1) is 13.7. The third-order valence-corrected chi connectivity index (χ3v) is 8.74. The number of aliphatic imine (C=N–C) groups is 1. The van der Waals surface area contributed by atoms with Crippen LogP contribution in [0.2, 0.25) is 0 Å². The molecule has 2 fully saturated rings. The number of rotatable bonds is 4. The summed E-state index contributed by atoms with van der Waals surface area (Å²) < 4.78 is 51.1. The maximum absolute atomic E-state index is 12.7. The number of amides is 1. The second kappa shape index (κ2) is 7.37. The van der Waals surface area contributed by atoms with E-state index in [1.807, 2.05) is 0 Å². The monoisotopic (exact) mass is 440 g/mol. The third-order valence-electron chi connectivity index (χ3n) is 5.62. The molecule has 2 saturated heterocycles. The molecule has 1 amide bonds. The molecule has 0 aliphatic carbocycles. The van der Waals surface area contributed by atoms with E-state index in [1.54, 1.807) is 25.1 Å². The van der Waals surface area contributed by atoms with E-state index < -0.39 is 37.9 Å². The number of hydrogen-bond acceptors (Lipinski definition) is 7. The normalized spacial score (nSPS) is 30.0. The molecule has 3 heterocycles. The number of carbonyl (C=O) groups is 1. The molecule has 9 nitrogen and oxygen atoms in total. The van der Waals surface area contributed by atoms with Gasteiger partial charge in [-0.25, -0.2) is 16.8 Å². The molecule has 3 atom stereocenters. The zero-order valence-electron chi connectivity index (χ0n) is 16.0. The first-order valence-corrected chi connectivity index (χ1v) is 12.9. The van der Waals surface area contributed by atoms with Crippen molar-refractivity contribution in [2.45, 2.75) is 42.8 Å². The summed E-state index contributed by atoms with van der Waals surface area (Å²) in [7, 11) is -6.90. The van der Waals surface area contributed by atoms with E-state index in [0.717, 1.165) is 25.9 Å². The Balaban J connectivity index is 1.51. The van der Waals surface area contributed by atoms with Crippen LogP contribution in [-0.4, -0.2) is 76.2 Å². The molecule has 158 valence electrons. The van der Waals surface area contributed by atoms with Gasteiger partial charge < -0.3 is 5.32 Å². The highest BCUT2D eigenvalue weighted by atomic mass is 32.2. The molecule has 1 aromatic rings. The SMILES string of the molecule is C[C@H](N=C1NS(=O)(=O)c2ccccc21)C(=O)NC1CS(=O)(=O)CC1N1CCCC1. The lowest BCUT2D eigenvalue weighted by Gasteiger charge is -2.28. The van der Waals surface area contributed by atoms with Gasteiger partial charge in [-0.05, 0) is 45.0 Å². The highest BCUT2D eigenvalue weighted by molar-refractivity contribution is 7.91. The highest BCUT2D eigenvalue weighted by Crippen LogP contribution is 2.24. The van der Waals surface area contributed by atoms with Gasteiger partial charge in [-0.1, -0.05) is 12.1 Å². The maximum Gasteiger partial charge on any atom is 0.263 e. The maximum atomic E-state index is 12.7. The van der Waals surface area contributed by atoms with E-state index in [9.17, 15) is 21.6 Å². The van der Waals surface area contributed by atoms with Crippen molar-refractivity contribution in [3.8, 4) is 0 Å². The average Bonchev–Trinajstić information content (AvgIpc) is 3.33. The van der Waals surface area contributed by atoms with Crippen LogP contribution in [0.25, 0.3) is 0 Å². The molecule has 3 aliphatic rings. The number of nitrogens with one attached hydrogen (secondary N) is 2. The van der Waals surface area contributed by atoms with Gasteiger partial charge in [0.05, 0.1) is 22.4 Å². The van der Waals surface area contributed by atoms with Crippen LogP contribution in [0, 0.1) is 0 Å². The Morgan fingerprint density at radius 1 is 1.17 bits per heavy atom. The topological polar surface area (TPSA) is 125 Å². The summed E-state index contributed by atoms with van der Waals surface area (Å²) in [6.45, 7) is 3.23. The van der Waals surface area contributed by atoms with Crippen LogP contribution < -0.4 is 10.0 Å². The fourth-order valence-corrected chi connectivity index (χ4v) is 7.38. The van der Waals surface area contributed by atoms with Crippen molar-refractivity contribution in [3.05, 3.63) is 29.8 Å². The molecule has 2 unspecified atom stereocenters. The van der Waals surface area contributed by atoms with Gasteiger partial charge in [-0.2, -0.15) is 0 Å². The number of nitrogens with zero attached hydrogens (tertiary/aromatic N) is 2. The number of benzene rings is 1. The second-order valence-electron chi connectivity index (χ2n) is 7.76. The lowest BCUT2D eigenvalue weighted by Crippen LogP contribution is -2.52. The lowest BCUT2D eigenvalue weighted by atomic mass is 10.1. The van der Waals surface area contributed by atoms with Gasteiger partial charge in [-0.3, -0.25) is 19.4 Å². The molecule has 0 aromatic heterocycles. The molecule has 1 aromatic carbocycles. The number of sulfonamides is 1. The summed E-state index contributed by atoms with van der Waals surface area (Å²) >= 11 is 0. The largest absolute Gasteiger partial charge is 0.349 e. The predicted octanol–water partition coefficient (Wildman–Crippen LogP) is -0.509. The number of amidine groups is 1. The van der Waals surface area contributed by atoms with E-state index in [4.69, 9.17) is 0 Å². The summed E-state index contributed by atoms with van der Waals surface area (Å²) in [5.74, 6) is -0.335. The Labute approximate surface area is 170 Å². The van der Waals surface area contributed by atoms with E-state index in [1.165, 1.54) is 6.07 Å². The van der Waals surface area contributed by atoms with Crippen LogP contribution in [0.1, 0.15) is 25.3 Å². The zero-order chi connectivity index (χ0) is 20.8. The van der Waals surface area contributed by atoms with Gasteiger partial charge in [0.15, 0.2) is 9.84 Å². The van der Waals surface area contributed by atoms with Crippen molar-refractivity contribution in [1.29, 1.82) is 0 Å². The van der Waals surface area contributed by atoms with Crippen LogP contribution in [-0.2, 0) is 24.7 Å². The molecule has 0 radical (unpaired) electrons. The van der Waals surface area contributed by atoms with Crippen LogP contribution in [0.15, 0.2) is 34.2 Å². The summed E-state index contributed by atoms with van der Waals surface area (Å²) in [5.41, 5.74) is 0.422. The second-order valence-corrected chi connectivity index (χ2v) is 11.6. The van der Waals surface area contributed by atoms with Gasteiger partial charge in [0.1, 0.15) is 11.9 Å². The fourth-order valence-electron chi connectivity index (χ4n) is 4.19. The highest BCUT2D eigenvalue weighted by Gasteiger charge is 2.42. The van der Waals surface area contributed by atoms with Crippen LogP contribution in [0.3, 0.4) is 0 Å². The van der Waals surface area contributed by atoms with Gasteiger partial charge in [0, 0.05) is 11.6 Å².